The summed E-state index contributed by atoms with van der Waals surface area (Å²) in [6, 6.07) is 0. The van der Waals surface area contributed by atoms with E-state index in [1.807, 2.05) is 0 Å². The van der Waals surface area contributed by atoms with Gasteiger partial charge in [0.2, 0.25) is 0 Å². The van der Waals surface area contributed by atoms with Crippen molar-refractivity contribution in [2.24, 2.45) is 62.6 Å². The molecule has 0 aromatic heterocycles. The van der Waals surface area contributed by atoms with Gasteiger partial charge >= 0.3 is 0 Å². The Balaban J connectivity index is 1.08. The number of halogens is 1. The maximum absolute atomic E-state index is 13.7. The van der Waals surface area contributed by atoms with Crippen LogP contribution in [-0.2, 0) is 4.74 Å². The molecule has 0 bridgehead atoms. The van der Waals surface area contributed by atoms with E-state index in [1.165, 1.54) is 25.7 Å². The summed E-state index contributed by atoms with van der Waals surface area (Å²) in [7, 11) is 0. The molecule has 15 atom stereocenters. The largest absolute Gasteiger partial charge is 0.396 e. The van der Waals surface area contributed by atoms with Gasteiger partial charge in [0, 0.05) is 15.9 Å². The van der Waals surface area contributed by atoms with E-state index in [4.69, 9.17) is 4.74 Å². The molecule has 6 nitrogen and oxygen atoms in total. The van der Waals surface area contributed by atoms with Crippen molar-refractivity contribution < 1.29 is 34.7 Å². The molecule has 5 N–H and O–H groups in total. The number of ether oxygens (including phenoxy) is 1. The third kappa shape index (κ3) is 4.57. The second-order valence-electron chi connectivity index (χ2n) is 20.1. The highest BCUT2D eigenvalue weighted by Gasteiger charge is 2.74. The van der Waals surface area contributed by atoms with Crippen LogP contribution in [0.1, 0.15) is 119 Å². The van der Waals surface area contributed by atoms with Crippen LogP contribution in [0.5, 0.6) is 0 Å². The molecule has 48 heavy (non-hydrogen) atoms. The van der Waals surface area contributed by atoms with Gasteiger partial charge in [0.05, 0.1) is 42.9 Å². The SMILES string of the molecule is CC1(C)CC[C@]2([C@H](O)[C@H]3OC4(O)C(CO)[C@H](O)C(O)C34)CCC3C(=CCC4[C@@]3(C)CCC3C(C)(C)[C@@H](SC5CC(F)C5)CC[C@@]34C)C2C1. The van der Waals surface area contributed by atoms with Gasteiger partial charge in [-0.2, -0.15) is 11.8 Å². The van der Waals surface area contributed by atoms with Crippen molar-refractivity contribution in [2.75, 3.05) is 6.61 Å². The molecule has 0 radical (unpaired) electrons. The molecule has 6 saturated carbocycles. The number of thioether (sulfide) groups is 1. The van der Waals surface area contributed by atoms with Crippen LogP contribution in [-0.4, -0.2) is 79.0 Å². The number of hydrogen-bond donors (Lipinski definition) is 5. The number of rotatable bonds is 5. The molecule has 0 aromatic carbocycles. The van der Waals surface area contributed by atoms with Crippen molar-refractivity contribution in [3.8, 4) is 0 Å². The van der Waals surface area contributed by atoms with Crippen LogP contribution in [0, 0.1) is 62.6 Å². The van der Waals surface area contributed by atoms with Gasteiger partial charge in [-0.3, -0.25) is 0 Å². The van der Waals surface area contributed by atoms with Crippen LogP contribution >= 0.6 is 11.8 Å². The molecule has 0 spiro atoms. The first-order valence-electron chi connectivity index (χ1n) is 19.5. The summed E-state index contributed by atoms with van der Waals surface area (Å²) < 4.78 is 19.8. The topological polar surface area (TPSA) is 110 Å². The van der Waals surface area contributed by atoms with Crippen molar-refractivity contribution >= 4 is 11.8 Å². The predicted octanol–water partition coefficient (Wildman–Crippen LogP) is 6.41. The number of aliphatic hydroxyl groups excluding tert-OH is 4. The van der Waals surface area contributed by atoms with Crippen molar-refractivity contribution in [3.05, 3.63) is 11.6 Å². The van der Waals surface area contributed by atoms with Crippen molar-refractivity contribution in [2.45, 2.75) is 165 Å². The molecule has 1 aliphatic heterocycles. The Hall–Kier alpha value is -0.220. The van der Waals surface area contributed by atoms with Crippen molar-refractivity contribution in [1.29, 1.82) is 0 Å². The van der Waals surface area contributed by atoms with Gasteiger partial charge in [-0.15, -0.1) is 0 Å². The molecular formula is C40H63FO6S. The van der Waals surface area contributed by atoms with E-state index in [1.54, 1.807) is 5.57 Å². The highest BCUT2D eigenvalue weighted by atomic mass is 32.2. The maximum atomic E-state index is 13.7. The molecule has 8 heteroatoms. The van der Waals surface area contributed by atoms with Crippen molar-refractivity contribution in [3.63, 3.8) is 0 Å². The average molecular weight is 691 g/mol. The predicted molar refractivity (Wildman–Crippen MR) is 186 cm³/mol. The summed E-state index contributed by atoms with van der Waals surface area (Å²) in [5.74, 6) is -1.65. The quantitative estimate of drug-likeness (QED) is 0.212. The molecule has 7 aliphatic carbocycles. The molecule has 272 valence electrons. The lowest BCUT2D eigenvalue weighted by atomic mass is 9.37. The first-order valence-corrected chi connectivity index (χ1v) is 20.4. The lowest BCUT2D eigenvalue weighted by Crippen LogP contribution is -2.70. The number of aliphatic hydroxyl groups is 5. The van der Waals surface area contributed by atoms with Crippen LogP contribution in [0.4, 0.5) is 4.39 Å². The van der Waals surface area contributed by atoms with E-state index in [-0.39, 0.29) is 27.6 Å². The first-order chi connectivity index (χ1) is 22.4. The Bertz CT molecular complexity index is 1320. The maximum Gasteiger partial charge on any atom is 0.181 e. The highest BCUT2D eigenvalue weighted by molar-refractivity contribution is 8.00. The minimum atomic E-state index is -1.81. The van der Waals surface area contributed by atoms with E-state index in [2.05, 4.69) is 59.4 Å². The van der Waals surface area contributed by atoms with Crippen LogP contribution in [0.15, 0.2) is 11.6 Å². The zero-order valence-corrected chi connectivity index (χ0v) is 31.0. The van der Waals surface area contributed by atoms with Gasteiger partial charge in [-0.25, -0.2) is 4.39 Å². The van der Waals surface area contributed by atoms with Gasteiger partial charge in [-0.1, -0.05) is 53.2 Å². The fraction of sp³-hybridized carbons (Fsp3) is 0.950. The van der Waals surface area contributed by atoms with Crippen LogP contribution in [0.25, 0.3) is 0 Å². The van der Waals surface area contributed by atoms with Crippen molar-refractivity contribution in [1.82, 2.24) is 0 Å². The minimum Gasteiger partial charge on any atom is -0.396 e. The lowest BCUT2D eigenvalue weighted by Gasteiger charge is -2.69. The van der Waals surface area contributed by atoms with Crippen LogP contribution < -0.4 is 0 Å². The summed E-state index contributed by atoms with van der Waals surface area (Å²) in [4.78, 5) is 0. The molecule has 0 aromatic rings. The minimum absolute atomic E-state index is 0.146. The Kier molecular flexibility index (Phi) is 8.09. The summed E-state index contributed by atoms with van der Waals surface area (Å²) in [5.41, 5.74) is 1.98. The van der Waals surface area contributed by atoms with E-state index >= 15 is 0 Å². The van der Waals surface area contributed by atoms with E-state index < -0.39 is 60.2 Å². The molecule has 0 amide bonds. The lowest BCUT2D eigenvalue weighted by molar-refractivity contribution is -0.404. The zero-order valence-electron chi connectivity index (χ0n) is 30.2. The summed E-state index contributed by atoms with van der Waals surface area (Å²) in [6.45, 7) is 14.5. The number of allylic oxidation sites excluding steroid dienone is 2. The van der Waals surface area contributed by atoms with E-state index in [9.17, 15) is 29.9 Å². The van der Waals surface area contributed by atoms with Crippen LogP contribution in [0.2, 0.25) is 0 Å². The number of fused-ring (bicyclic) bond motifs is 8. The summed E-state index contributed by atoms with van der Waals surface area (Å²) in [6.07, 6.45) is 10.2. The van der Waals surface area contributed by atoms with Gasteiger partial charge in [0.25, 0.3) is 0 Å². The molecule has 8 aliphatic rings. The molecular weight excluding hydrogens is 627 g/mol. The van der Waals surface area contributed by atoms with E-state index in [0.717, 1.165) is 51.4 Å². The second-order valence-corrected chi connectivity index (χ2v) is 21.6. The standard InChI is InChI=1S/C40H63FO6S/c1-35(2)15-16-39(34(45)33-30-32(44)31(43)26(20-42)40(30,46)47-33)14-9-24-23(25(39)19-35)7-8-28-37(24,5)12-10-27-36(3,4)29(11-13-38(27,28)6)48-22-17-21(41)18-22/h7,21-22,24-34,42-46H,8-20H2,1-6H3/t21?,22?,24?,25?,26?,27?,28?,29-,30?,31-,32?,33-,34+,37-,38-,39+,40?/m0/s1. The average Bonchev–Trinajstić information content (AvgIpc) is 3.13. The number of alkyl halides is 1. The van der Waals surface area contributed by atoms with Gasteiger partial charge in [-0.05, 0) is 122 Å². The zero-order chi connectivity index (χ0) is 34.4. The fourth-order valence-electron chi connectivity index (χ4n) is 14.4. The van der Waals surface area contributed by atoms with Gasteiger partial charge in [0.15, 0.2) is 5.79 Å². The van der Waals surface area contributed by atoms with Gasteiger partial charge in [0.1, 0.15) is 6.17 Å². The Morgan fingerprint density at radius 2 is 1.60 bits per heavy atom. The Morgan fingerprint density at radius 3 is 2.29 bits per heavy atom. The molecule has 7 fully saturated rings. The monoisotopic (exact) mass is 690 g/mol. The summed E-state index contributed by atoms with van der Waals surface area (Å²) in [5, 5.41) is 56.4. The molecule has 1 heterocycles. The Morgan fingerprint density at radius 1 is 0.896 bits per heavy atom. The van der Waals surface area contributed by atoms with Crippen LogP contribution in [0.3, 0.4) is 0 Å². The third-order valence-corrected chi connectivity index (χ3v) is 19.1. The first kappa shape index (κ1) is 34.8. The Labute approximate surface area is 292 Å². The molecule has 8 unspecified atom stereocenters. The highest BCUT2D eigenvalue weighted by Crippen LogP contribution is 2.74. The second kappa shape index (κ2) is 11.1. The normalized spacial score (nSPS) is 57.0. The third-order valence-electron chi connectivity index (χ3n) is 17.1. The fourth-order valence-corrected chi connectivity index (χ4v) is 16.2. The molecule has 8 rings (SSSR count). The smallest absolute Gasteiger partial charge is 0.181 e. The van der Waals surface area contributed by atoms with E-state index in [0.29, 0.717) is 28.3 Å². The molecule has 1 saturated heterocycles. The summed E-state index contributed by atoms with van der Waals surface area (Å²) >= 11 is 2.11. The number of hydrogen-bond acceptors (Lipinski definition) is 7. The van der Waals surface area contributed by atoms with Gasteiger partial charge < -0.3 is 30.3 Å².